The standard InChI is InChI=1S/C20H24N4O7S2/c1-5-10(11-8-33-18(21-11)23-19(30)31-20(2,3)4)14(26)22-12-15(27)24-13(17(28)29)9(6-25)7-32-16(12)24/h5,8,12,16,25H,6-7H2,1-4H3,(H,22,26)(H,28,29)(H,21,23,30)/t12-,16+/m1/s1. The van der Waals surface area contributed by atoms with E-state index >= 15 is 0 Å². The van der Waals surface area contributed by atoms with Crippen LogP contribution in [0.4, 0.5) is 9.93 Å². The molecular weight excluding hydrogens is 472 g/mol. The number of aliphatic hydroxyl groups excluding tert-OH is 1. The first-order valence-corrected chi connectivity index (χ1v) is 11.8. The smallest absolute Gasteiger partial charge is 0.413 e. The number of hydrogen-bond acceptors (Lipinski definition) is 9. The monoisotopic (exact) mass is 496 g/mol. The van der Waals surface area contributed by atoms with Crippen LogP contribution in [-0.2, 0) is 19.1 Å². The van der Waals surface area contributed by atoms with Crippen molar-refractivity contribution in [1.82, 2.24) is 15.2 Å². The number of hydrogen-bond donors (Lipinski definition) is 4. The van der Waals surface area contributed by atoms with E-state index in [0.717, 1.165) is 16.2 Å². The van der Waals surface area contributed by atoms with Crippen molar-refractivity contribution in [3.05, 3.63) is 28.4 Å². The number of aliphatic hydroxyl groups is 1. The molecule has 1 fully saturated rings. The number of allylic oxidation sites excluding steroid dienone is 1. The predicted molar refractivity (Wildman–Crippen MR) is 122 cm³/mol. The molecule has 0 spiro atoms. The van der Waals surface area contributed by atoms with E-state index in [1.54, 1.807) is 33.1 Å². The zero-order chi connectivity index (χ0) is 24.5. The summed E-state index contributed by atoms with van der Waals surface area (Å²) < 4.78 is 5.18. The van der Waals surface area contributed by atoms with Gasteiger partial charge >= 0.3 is 12.1 Å². The van der Waals surface area contributed by atoms with Crippen LogP contribution < -0.4 is 10.6 Å². The molecule has 3 heterocycles. The maximum atomic E-state index is 12.9. The minimum absolute atomic E-state index is 0.195. The van der Waals surface area contributed by atoms with E-state index < -0.39 is 47.5 Å². The van der Waals surface area contributed by atoms with E-state index in [1.165, 1.54) is 17.8 Å². The van der Waals surface area contributed by atoms with Crippen LogP contribution >= 0.6 is 23.1 Å². The Kier molecular flexibility index (Phi) is 7.14. The number of thioether (sulfide) groups is 1. The lowest BCUT2D eigenvalue weighted by Gasteiger charge is -2.49. The molecule has 0 bridgehead atoms. The van der Waals surface area contributed by atoms with Crippen molar-refractivity contribution in [3.63, 3.8) is 0 Å². The van der Waals surface area contributed by atoms with Gasteiger partial charge in [-0.05, 0) is 33.3 Å². The van der Waals surface area contributed by atoms with Crippen LogP contribution in [0.5, 0.6) is 0 Å². The second kappa shape index (κ2) is 9.53. The van der Waals surface area contributed by atoms with Crippen molar-refractivity contribution in [3.8, 4) is 0 Å². The zero-order valence-corrected chi connectivity index (χ0v) is 20.0. The van der Waals surface area contributed by atoms with Gasteiger partial charge in [0.05, 0.1) is 17.9 Å². The van der Waals surface area contributed by atoms with E-state index in [9.17, 15) is 29.4 Å². The fraction of sp³-hybridized carbons (Fsp3) is 0.450. The van der Waals surface area contributed by atoms with E-state index in [0.29, 0.717) is 5.69 Å². The molecule has 0 radical (unpaired) electrons. The molecular formula is C20H24N4O7S2. The summed E-state index contributed by atoms with van der Waals surface area (Å²) in [4.78, 5) is 54.3. The third kappa shape index (κ3) is 5.20. The molecule has 11 nitrogen and oxygen atoms in total. The van der Waals surface area contributed by atoms with Crippen LogP contribution in [0.25, 0.3) is 5.57 Å². The molecule has 0 aliphatic carbocycles. The highest BCUT2D eigenvalue weighted by Crippen LogP contribution is 2.40. The predicted octanol–water partition coefficient (Wildman–Crippen LogP) is 1.62. The Morgan fingerprint density at radius 1 is 1.36 bits per heavy atom. The minimum atomic E-state index is -1.30. The Hall–Kier alpha value is -2.90. The van der Waals surface area contributed by atoms with Gasteiger partial charge in [0, 0.05) is 11.1 Å². The Morgan fingerprint density at radius 2 is 2.06 bits per heavy atom. The summed E-state index contributed by atoms with van der Waals surface area (Å²) in [5, 5.41) is 25.2. The molecule has 2 aliphatic rings. The normalized spacial score (nSPS) is 20.7. The molecule has 13 heteroatoms. The van der Waals surface area contributed by atoms with Crippen molar-refractivity contribution < 1.29 is 34.1 Å². The van der Waals surface area contributed by atoms with Crippen LogP contribution in [0.15, 0.2) is 22.7 Å². The summed E-state index contributed by atoms with van der Waals surface area (Å²) >= 11 is 2.38. The van der Waals surface area contributed by atoms with Gasteiger partial charge in [-0.1, -0.05) is 6.08 Å². The lowest BCUT2D eigenvalue weighted by molar-refractivity contribution is -0.150. The highest BCUT2D eigenvalue weighted by atomic mass is 32.2. The molecule has 1 aromatic rings. The SMILES string of the molecule is CC=C(C(=O)N[C@@H]1C(=O)N2C(C(=O)O)=C(CO)CS[C@@H]12)c1csc(NC(=O)OC(C)(C)C)n1. The van der Waals surface area contributed by atoms with Crippen molar-refractivity contribution in [2.24, 2.45) is 0 Å². The average Bonchev–Trinajstić information content (AvgIpc) is 3.17. The Labute approximate surface area is 197 Å². The minimum Gasteiger partial charge on any atom is -0.477 e. The number of nitrogens with one attached hydrogen (secondary N) is 2. The first-order chi connectivity index (χ1) is 15.5. The third-order valence-corrected chi connectivity index (χ3v) is 6.75. The molecule has 4 N–H and O–H groups in total. The molecule has 3 amide bonds. The molecule has 1 saturated heterocycles. The number of carbonyl (C=O) groups excluding carboxylic acids is 3. The molecule has 33 heavy (non-hydrogen) atoms. The van der Waals surface area contributed by atoms with Crippen LogP contribution in [0.1, 0.15) is 33.4 Å². The molecule has 1 aromatic heterocycles. The molecule has 0 aromatic carbocycles. The third-order valence-electron chi connectivity index (χ3n) is 4.65. The largest absolute Gasteiger partial charge is 0.477 e. The number of nitrogens with zero attached hydrogens (tertiary/aromatic N) is 2. The second-order valence-electron chi connectivity index (χ2n) is 8.14. The number of fused-ring (bicyclic) bond motifs is 1. The van der Waals surface area contributed by atoms with Gasteiger partial charge in [-0.25, -0.2) is 14.6 Å². The van der Waals surface area contributed by atoms with Gasteiger partial charge in [0.25, 0.3) is 11.8 Å². The number of amides is 3. The number of carboxylic acid groups (broad SMARTS) is 1. The van der Waals surface area contributed by atoms with Crippen molar-refractivity contribution in [2.75, 3.05) is 17.7 Å². The molecule has 0 saturated carbocycles. The van der Waals surface area contributed by atoms with Gasteiger partial charge in [0.2, 0.25) is 0 Å². The Morgan fingerprint density at radius 3 is 2.64 bits per heavy atom. The summed E-state index contributed by atoms with van der Waals surface area (Å²) in [6.45, 7) is 6.37. The number of anilines is 1. The maximum Gasteiger partial charge on any atom is 0.413 e. The molecule has 2 aliphatic heterocycles. The Bertz CT molecular complexity index is 1060. The fourth-order valence-corrected chi connectivity index (χ4v) is 5.30. The number of aromatic nitrogens is 1. The van der Waals surface area contributed by atoms with Gasteiger partial charge in [-0.2, -0.15) is 0 Å². The number of ether oxygens (including phenoxy) is 1. The van der Waals surface area contributed by atoms with Crippen LogP contribution in [0, 0.1) is 0 Å². The molecule has 0 unspecified atom stereocenters. The van der Waals surface area contributed by atoms with Crippen molar-refractivity contribution >= 4 is 57.7 Å². The first kappa shape index (κ1) is 24.7. The van der Waals surface area contributed by atoms with Gasteiger partial charge in [-0.3, -0.25) is 19.8 Å². The summed E-state index contributed by atoms with van der Waals surface area (Å²) in [5.74, 6) is -2.19. The second-order valence-corrected chi connectivity index (χ2v) is 10.1. The number of rotatable bonds is 6. The average molecular weight is 497 g/mol. The van der Waals surface area contributed by atoms with Crippen LogP contribution in [-0.4, -0.2) is 73.4 Å². The van der Waals surface area contributed by atoms with Crippen molar-refractivity contribution in [2.45, 2.75) is 44.7 Å². The van der Waals surface area contributed by atoms with E-state index in [-0.39, 0.29) is 27.7 Å². The topological polar surface area (TPSA) is 158 Å². The van der Waals surface area contributed by atoms with E-state index in [4.69, 9.17) is 4.74 Å². The summed E-state index contributed by atoms with van der Waals surface area (Å²) in [7, 11) is 0. The summed E-state index contributed by atoms with van der Waals surface area (Å²) in [6, 6.07) is -0.912. The van der Waals surface area contributed by atoms with E-state index in [1.807, 2.05) is 0 Å². The maximum absolute atomic E-state index is 12.9. The van der Waals surface area contributed by atoms with Gasteiger partial charge < -0.3 is 20.3 Å². The fourth-order valence-electron chi connectivity index (χ4n) is 3.26. The summed E-state index contributed by atoms with van der Waals surface area (Å²) in [6.07, 6.45) is 0.858. The Balaban J connectivity index is 1.68. The lowest BCUT2D eigenvalue weighted by Crippen LogP contribution is -2.70. The summed E-state index contributed by atoms with van der Waals surface area (Å²) in [5.41, 5.74) is -0.156. The van der Waals surface area contributed by atoms with Gasteiger partial charge in [-0.15, -0.1) is 23.1 Å². The van der Waals surface area contributed by atoms with Gasteiger partial charge in [0.15, 0.2) is 5.13 Å². The number of β-lactam (4-membered cyclic amide) rings is 1. The number of aliphatic carboxylic acids is 1. The molecule has 3 rings (SSSR count). The van der Waals surface area contributed by atoms with E-state index in [2.05, 4.69) is 15.6 Å². The highest BCUT2D eigenvalue weighted by Gasteiger charge is 2.54. The van der Waals surface area contributed by atoms with Gasteiger partial charge in [0.1, 0.15) is 22.7 Å². The number of carbonyl (C=O) groups is 4. The molecule has 2 atom stereocenters. The van der Waals surface area contributed by atoms with Crippen molar-refractivity contribution in [1.29, 1.82) is 0 Å². The highest BCUT2D eigenvalue weighted by molar-refractivity contribution is 8.00. The van der Waals surface area contributed by atoms with Crippen LogP contribution in [0.3, 0.4) is 0 Å². The number of carboxylic acids is 1. The molecule has 178 valence electrons. The van der Waals surface area contributed by atoms with Crippen LogP contribution in [0.2, 0.25) is 0 Å². The first-order valence-electron chi connectivity index (χ1n) is 9.90. The number of thiazole rings is 1. The quantitative estimate of drug-likeness (QED) is 0.339. The zero-order valence-electron chi connectivity index (χ0n) is 18.4. The lowest BCUT2D eigenvalue weighted by atomic mass is 10.0.